The predicted molar refractivity (Wildman–Crippen MR) is 115 cm³/mol. The molecule has 4 N–H and O–H groups in total. The molecule has 28 heavy (non-hydrogen) atoms. The minimum absolute atomic E-state index is 0.125. The van der Waals surface area contributed by atoms with Crippen molar-refractivity contribution in [2.45, 2.75) is 117 Å². The highest BCUT2D eigenvalue weighted by atomic mass is 16.4. The zero-order valence-corrected chi connectivity index (χ0v) is 18.3. The van der Waals surface area contributed by atoms with E-state index in [2.05, 4.69) is 6.92 Å². The first kappa shape index (κ1) is 31.6. The van der Waals surface area contributed by atoms with Gasteiger partial charge in [0.1, 0.15) is 0 Å². The van der Waals surface area contributed by atoms with Gasteiger partial charge in [-0.1, -0.05) is 96.8 Å². The van der Waals surface area contributed by atoms with Crippen LogP contribution in [0, 0.1) is 0 Å². The van der Waals surface area contributed by atoms with Gasteiger partial charge in [0, 0.05) is 13.3 Å². The van der Waals surface area contributed by atoms with E-state index in [-0.39, 0.29) is 13.2 Å². The smallest absolute Gasteiger partial charge is 0.303 e. The second-order valence-corrected chi connectivity index (χ2v) is 7.06. The van der Waals surface area contributed by atoms with Crippen LogP contribution in [0.4, 0.5) is 0 Å². The highest BCUT2D eigenvalue weighted by Gasteiger charge is 1.97. The fourth-order valence-corrected chi connectivity index (χ4v) is 2.65. The number of rotatable bonds is 17. The van der Waals surface area contributed by atoms with Crippen LogP contribution in [0.2, 0.25) is 0 Å². The minimum Gasteiger partial charge on any atom is -0.481 e. The Balaban J connectivity index is -0.000000656. The van der Waals surface area contributed by atoms with Crippen LogP contribution in [0.25, 0.3) is 0 Å². The summed E-state index contributed by atoms with van der Waals surface area (Å²) in [6, 6.07) is 0. The number of aliphatic carboxylic acids is 2. The molecule has 0 spiro atoms. The van der Waals surface area contributed by atoms with E-state index >= 15 is 0 Å². The van der Waals surface area contributed by atoms with Crippen LogP contribution in [-0.4, -0.2) is 45.6 Å². The standard InChI is InChI=1S/C18H36O2.C2H4O2.C2H6O2/c1-2-3-4-5-6-7-8-9-10-11-12-13-14-15-16-17-18(19)20;1-2(3)4;3-1-2-4/h2-17H2,1H3,(H,19,20);1H3,(H,3,4);3-4H,1-2H2. The van der Waals surface area contributed by atoms with Gasteiger partial charge in [0.15, 0.2) is 0 Å². The number of carboxylic acid groups (broad SMARTS) is 2. The molecule has 0 aliphatic carbocycles. The van der Waals surface area contributed by atoms with Crippen molar-refractivity contribution in [3.05, 3.63) is 0 Å². The van der Waals surface area contributed by atoms with E-state index in [9.17, 15) is 4.79 Å². The molecule has 0 radical (unpaired) electrons. The predicted octanol–water partition coefficient (Wildman–Crippen LogP) is 5.39. The van der Waals surface area contributed by atoms with Crippen LogP contribution in [-0.2, 0) is 9.59 Å². The molecule has 6 nitrogen and oxygen atoms in total. The fraction of sp³-hybridized carbons (Fsp3) is 0.909. The summed E-state index contributed by atoms with van der Waals surface area (Å²) in [5, 5.41) is 31.2. The number of unbranched alkanes of at least 4 members (excludes halogenated alkanes) is 14. The van der Waals surface area contributed by atoms with Gasteiger partial charge in [0.2, 0.25) is 0 Å². The van der Waals surface area contributed by atoms with Crippen LogP contribution < -0.4 is 0 Å². The highest BCUT2D eigenvalue weighted by molar-refractivity contribution is 5.66. The largest absolute Gasteiger partial charge is 0.481 e. The van der Waals surface area contributed by atoms with Gasteiger partial charge >= 0.3 is 5.97 Å². The third-order valence-corrected chi connectivity index (χ3v) is 4.09. The van der Waals surface area contributed by atoms with E-state index in [0.29, 0.717) is 6.42 Å². The molecule has 0 unspecified atom stereocenters. The molecule has 0 atom stereocenters. The summed E-state index contributed by atoms with van der Waals surface area (Å²) >= 11 is 0. The minimum atomic E-state index is -0.833. The van der Waals surface area contributed by atoms with Crippen molar-refractivity contribution in [3.8, 4) is 0 Å². The van der Waals surface area contributed by atoms with Crippen molar-refractivity contribution in [1.29, 1.82) is 0 Å². The monoisotopic (exact) mass is 406 g/mol. The van der Waals surface area contributed by atoms with Crippen LogP contribution in [0.3, 0.4) is 0 Å². The lowest BCUT2D eigenvalue weighted by atomic mass is 10.0. The molecule has 0 aliphatic rings. The molecule has 170 valence electrons. The molecular formula is C22H46O6. The summed E-state index contributed by atoms with van der Waals surface area (Å²) in [5.41, 5.74) is 0. The Labute approximate surface area is 172 Å². The Kier molecular flexibility index (Phi) is 34.5. The number of aliphatic hydroxyl groups is 2. The summed E-state index contributed by atoms with van der Waals surface area (Å²) in [7, 11) is 0. The van der Waals surface area contributed by atoms with Crippen molar-refractivity contribution in [2.24, 2.45) is 0 Å². The van der Waals surface area contributed by atoms with Gasteiger partial charge in [0.05, 0.1) is 13.2 Å². The first-order chi connectivity index (χ1) is 13.4. The average Bonchev–Trinajstić information content (AvgIpc) is 2.64. The Bertz CT molecular complexity index is 301. The Morgan fingerprint density at radius 1 is 0.571 bits per heavy atom. The van der Waals surface area contributed by atoms with Gasteiger partial charge in [-0.25, -0.2) is 0 Å². The van der Waals surface area contributed by atoms with Crippen molar-refractivity contribution in [3.63, 3.8) is 0 Å². The summed E-state index contributed by atoms with van der Waals surface area (Å²) in [5.74, 6) is -1.49. The van der Waals surface area contributed by atoms with Crippen LogP contribution in [0.15, 0.2) is 0 Å². The summed E-state index contributed by atoms with van der Waals surface area (Å²) in [4.78, 5) is 19.3. The molecule has 0 heterocycles. The van der Waals surface area contributed by atoms with Gasteiger partial charge in [0.25, 0.3) is 5.97 Å². The molecule has 0 aromatic carbocycles. The van der Waals surface area contributed by atoms with Crippen LogP contribution in [0.5, 0.6) is 0 Å². The lowest BCUT2D eigenvalue weighted by molar-refractivity contribution is -0.137. The molecule has 0 aliphatic heterocycles. The second-order valence-electron chi connectivity index (χ2n) is 7.06. The van der Waals surface area contributed by atoms with Crippen LogP contribution in [0.1, 0.15) is 117 Å². The summed E-state index contributed by atoms with van der Waals surface area (Å²) < 4.78 is 0. The van der Waals surface area contributed by atoms with E-state index in [1.54, 1.807) is 0 Å². The number of hydrogen-bond donors (Lipinski definition) is 4. The van der Waals surface area contributed by atoms with E-state index in [1.807, 2.05) is 0 Å². The van der Waals surface area contributed by atoms with Crippen LogP contribution >= 0.6 is 0 Å². The van der Waals surface area contributed by atoms with Gasteiger partial charge in [-0.15, -0.1) is 0 Å². The number of hydrogen-bond acceptors (Lipinski definition) is 4. The Hall–Kier alpha value is -1.14. The summed E-state index contributed by atoms with van der Waals surface area (Å²) in [6.45, 7) is 3.10. The van der Waals surface area contributed by atoms with Crippen molar-refractivity contribution in [2.75, 3.05) is 13.2 Å². The number of carboxylic acids is 2. The molecule has 0 aromatic heterocycles. The molecule has 0 amide bonds. The molecule has 0 aromatic rings. The van der Waals surface area contributed by atoms with Gasteiger partial charge in [-0.3, -0.25) is 9.59 Å². The molecule has 0 rings (SSSR count). The van der Waals surface area contributed by atoms with E-state index in [4.69, 9.17) is 25.2 Å². The lowest BCUT2D eigenvalue weighted by Gasteiger charge is -2.03. The van der Waals surface area contributed by atoms with E-state index in [0.717, 1.165) is 19.8 Å². The molecule has 0 fully saturated rings. The van der Waals surface area contributed by atoms with Gasteiger partial charge < -0.3 is 20.4 Å². The van der Waals surface area contributed by atoms with Gasteiger partial charge in [-0.2, -0.15) is 0 Å². The number of aliphatic hydroxyl groups excluding tert-OH is 2. The maximum Gasteiger partial charge on any atom is 0.303 e. The van der Waals surface area contributed by atoms with E-state index < -0.39 is 11.9 Å². The van der Waals surface area contributed by atoms with E-state index in [1.165, 1.54) is 83.5 Å². The third-order valence-electron chi connectivity index (χ3n) is 4.09. The van der Waals surface area contributed by atoms with Gasteiger partial charge in [-0.05, 0) is 6.42 Å². The fourth-order valence-electron chi connectivity index (χ4n) is 2.65. The average molecular weight is 407 g/mol. The number of carbonyl (C=O) groups is 2. The molecule has 0 bridgehead atoms. The Morgan fingerprint density at radius 2 is 0.821 bits per heavy atom. The third kappa shape index (κ3) is 49.8. The van der Waals surface area contributed by atoms with Crippen molar-refractivity contribution in [1.82, 2.24) is 0 Å². The molecule has 0 saturated heterocycles. The molecular weight excluding hydrogens is 360 g/mol. The van der Waals surface area contributed by atoms with Crippen molar-refractivity contribution >= 4 is 11.9 Å². The molecule has 6 heteroatoms. The topological polar surface area (TPSA) is 115 Å². The maximum atomic E-state index is 10.3. The Morgan fingerprint density at radius 3 is 1.04 bits per heavy atom. The lowest BCUT2D eigenvalue weighted by Crippen LogP contribution is -1.93. The maximum absolute atomic E-state index is 10.3. The first-order valence-electron chi connectivity index (χ1n) is 11.0. The highest BCUT2D eigenvalue weighted by Crippen LogP contribution is 2.13. The quantitative estimate of drug-likeness (QED) is 0.241. The first-order valence-corrected chi connectivity index (χ1v) is 11.0. The SMILES string of the molecule is CC(=O)O.CCCCCCCCCCCCCCCCCC(=O)O.OCCO. The zero-order valence-electron chi connectivity index (χ0n) is 18.3. The second kappa shape index (κ2) is 30.6. The summed E-state index contributed by atoms with van der Waals surface area (Å²) in [6.07, 6.45) is 20.2. The van der Waals surface area contributed by atoms with Crippen molar-refractivity contribution < 1.29 is 30.0 Å². The zero-order chi connectivity index (χ0) is 21.9. The normalized spacial score (nSPS) is 9.71. The molecule has 0 saturated carbocycles.